The van der Waals surface area contributed by atoms with Gasteiger partial charge in [0, 0.05) is 19.7 Å². The Balaban J connectivity index is 2.22. The zero-order chi connectivity index (χ0) is 14.1. The molecule has 1 aliphatic rings. The standard InChI is InChI=1S/C14H28N2O3/c1-3-15-14(2,13(17)18)7-4-5-8-16-9-6-11-19-12-10-16/h15H,3-12H2,1-2H3,(H,17,18). The molecule has 1 fully saturated rings. The third-order valence-corrected chi connectivity index (χ3v) is 3.75. The van der Waals surface area contributed by atoms with Gasteiger partial charge in [0.15, 0.2) is 0 Å². The second-order valence-electron chi connectivity index (χ2n) is 5.43. The van der Waals surface area contributed by atoms with Crippen molar-refractivity contribution in [2.45, 2.75) is 45.1 Å². The molecular weight excluding hydrogens is 244 g/mol. The number of carboxylic acid groups (broad SMARTS) is 1. The number of rotatable bonds is 8. The van der Waals surface area contributed by atoms with Crippen LogP contribution in [0.25, 0.3) is 0 Å². The highest BCUT2D eigenvalue weighted by Gasteiger charge is 2.31. The number of unbranched alkanes of at least 4 members (excludes halogenated alkanes) is 1. The van der Waals surface area contributed by atoms with Gasteiger partial charge >= 0.3 is 5.97 Å². The average molecular weight is 272 g/mol. The summed E-state index contributed by atoms with van der Waals surface area (Å²) < 4.78 is 5.42. The van der Waals surface area contributed by atoms with E-state index in [4.69, 9.17) is 4.74 Å². The Kier molecular flexibility index (Phi) is 7.34. The first-order valence-electron chi connectivity index (χ1n) is 7.37. The summed E-state index contributed by atoms with van der Waals surface area (Å²) >= 11 is 0. The van der Waals surface area contributed by atoms with Crippen LogP contribution in [0.1, 0.15) is 39.5 Å². The molecule has 0 bridgehead atoms. The predicted molar refractivity (Wildman–Crippen MR) is 75.4 cm³/mol. The zero-order valence-corrected chi connectivity index (χ0v) is 12.3. The van der Waals surface area contributed by atoms with Crippen molar-refractivity contribution >= 4 is 5.97 Å². The fraction of sp³-hybridized carbons (Fsp3) is 0.929. The molecule has 1 atom stereocenters. The van der Waals surface area contributed by atoms with Crippen molar-refractivity contribution in [3.8, 4) is 0 Å². The van der Waals surface area contributed by atoms with Gasteiger partial charge in [-0.25, -0.2) is 0 Å². The summed E-state index contributed by atoms with van der Waals surface area (Å²) in [6.45, 7) is 9.25. The van der Waals surface area contributed by atoms with E-state index in [0.717, 1.165) is 52.1 Å². The molecule has 0 saturated carbocycles. The third kappa shape index (κ3) is 5.89. The Bertz CT molecular complexity index is 265. The van der Waals surface area contributed by atoms with Crippen molar-refractivity contribution in [2.24, 2.45) is 0 Å². The minimum Gasteiger partial charge on any atom is -0.480 e. The maximum Gasteiger partial charge on any atom is 0.323 e. The van der Waals surface area contributed by atoms with E-state index >= 15 is 0 Å². The topological polar surface area (TPSA) is 61.8 Å². The lowest BCUT2D eigenvalue weighted by Crippen LogP contribution is -2.49. The van der Waals surface area contributed by atoms with E-state index in [0.29, 0.717) is 13.0 Å². The molecule has 112 valence electrons. The molecule has 1 rings (SSSR count). The highest BCUT2D eigenvalue weighted by molar-refractivity contribution is 5.78. The molecule has 19 heavy (non-hydrogen) atoms. The molecule has 0 aromatic carbocycles. The van der Waals surface area contributed by atoms with Crippen molar-refractivity contribution < 1.29 is 14.6 Å². The number of hydrogen-bond donors (Lipinski definition) is 2. The molecule has 1 saturated heterocycles. The summed E-state index contributed by atoms with van der Waals surface area (Å²) in [5, 5.41) is 12.3. The average Bonchev–Trinajstić information content (AvgIpc) is 2.63. The molecule has 0 aliphatic carbocycles. The number of likely N-dealkylation sites (N-methyl/N-ethyl adjacent to an activating group) is 1. The first-order chi connectivity index (χ1) is 9.08. The first kappa shape index (κ1) is 16.4. The summed E-state index contributed by atoms with van der Waals surface area (Å²) in [4.78, 5) is 13.7. The van der Waals surface area contributed by atoms with Gasteiger partial charge in [0.1, 0.15) is 5.54 Å². The van der Waals surface area contributed by atoms with Crippen LogP contribution in [0.4, 0.5) is 0 Å². The SMILES string of the molecule is CCNC(C)(CCCCN1CCCOCC1)C(=O)O. The van der Waals surface area contributed by atoms with Crippen molar-refractivity contribution in [1.82, 2.24) is 10.2 Å². The number of ether oxygens (including phenoxy) is 1. The van der Waals surface area contributed by atoms with E-state index in [2.05, 4.69) is 10.2 Å². The summed E-state index contributed by atoms with van der Waals surface area (Å²) in [5.74, 6) is -0.752. The second kappa shape index (κ2) is 8.51. The lowest BCUT2D eigenvalue weighted by Gasteiger charge is -2.26. The normalized spacial score (nSPS) is 20.7. The van der Waals surface area contributed by atoms with Crippen LogP contribution in [-0.2, 0) is 9.53 Å². The smallest absolute Gasteiger partial charge is 0.323 e. The Morgan fingerprint density at radius 1 is 1.37 bits per heavy atom. The first-order valence-corrected chi connectivity index (χ1v) is 7.37. The van der Waals surface area contributed by atoms with Crippen LogP contribution in [-0.4, -0.2) is 60.9 Å². The van der Waals surface area contributed by atoms with Gasteiger partial charge in [0.2, 0.25) is 0 Å². The Morgan fingerprint density at radius 2 is 2.16 bits per heavy atom. The number of nitrogens with one attached hydrogen (secondary N) is 1. The van der Waals surface area contributed by atoms with Crippen LogP contribution in [0.2, 0.25) is 0 Å². The molecule has 1 heterocycles. The molecule has 0 aromatic heterocycles. The largest absolute Gasteiger partial charge is 0.480 e. The van der Waals surface area contributed by atoms with Crippen LogP contribution in [0, 0.1) is 0 Å². The van der Waals surface area contributed by atoms with Crippen LogP contribution in [0.3, 0.4) is 0 Å². The van der Waals surface area contributed by atoms with Gasteiger partial charge in [-0.2, -0.15) is 0 Å². The van der Waals surface area contributed by atoms with E-state index in [9.17, 15) is 9.90 Å². The quantitative estimate of drug-likeness (QED) is 0.653. The molecule has 0 spiro atoms. The minimum absolute atomic E-state index is 0.681. The summed E-state index contributed by atoms with van der Waals surface area (Å²) in [5.41, 5.74) is -0.781. The van der Waals surface area contributed by atoms with Crippen molar-refractivity contribution in [2.75, 3.05) is 39.4 Å². The monoisotopic (exact) mass is 272 g/mol. The van der Waals surface area contributed by atoms with Gasteiger partial charge in [0.05, 0.1) is 6.61 Å². The molecule has 5 nitrogen and oxygen atoms in total. The van der Waals surface area contributed by atoms with Crippen molar-refractivity contribution in [3.05, 3.63) is 0 Å². The highest BCUT2D eigenvalue weighted by Crippen LogP contribution is 2.15. The summed E-state index contributed by atoms with van der Waals surface area (Å²) in [6.07, 6.45) is 3.77. The van der Waals surface area contributed by atoms with Gasteiger partial charge in [-0.15, -0.1) is 0 Å². The van der Waals surface area contributed by atoms with Gasteiger partial charge in [0.25, 0.3) is 0 Å². The molecule has 1 aliphatic heterocycles. The Labute approximate surface area is 116 Å². The van der Waals surface area contributed by atoms with Crippen LogP contribution in [0.5, 0.6) is 0 Å². The van der Waals surface area contributed by atoms with E-state index < -0.39 is 11.5 Å². The minimum atomic E-state index is -0.781. The maximum atomic E-state index is 11.3. The molecule has 1 unspecified atom stereocenters. The fourth-order valence-electron chi connectivity index (χ4n) is 2.50. The van der Waals surface area contributed by atoms with Gasteiger partial charge < -0.3 is 20.1 Å². The molecule has 0 amide bonds. The number of carbonyl (C=O) groups is 1. The van der Waals surface area contributed by atoms with Crippen LogP contribution in [0.15, 0.2) is 0 Å². The third-order valence-electron chi connectivity index (χ3n) is 3.75. The van der Waals surface area contributed by atoms with E-state index in [1.807, 2.05) is 6.92 Å². The predicted octanol–water partition coefficient (Wildman–Crippen LogP) is 1.33. The fourth-order valence-corrected chi connectivity index (χ4v) is 2.50. The number of carboxylic acids is 1. The Morgan fingerprint density at radius 3 is 2.84 bits per heavy atom. The van der Waals surface area contributed by atoms with Crippen molar-refractivity contribution in [3.63, 3.8) is 0 Å². The van der Waals surface area contributed by atoms with E-state index in [-0.39, 0.29) is 0 Å². The molecule has 0 aromatic rings. The van der Waals surface area contributed by atoms with Gasteiger partial charge in [-0.3, -0.25) is 4.79 Å². The van der Waals surface area contributed by atoms with E-state index in [1.54, 1.807) is 6.92 Å². The maximum absolute atomic E-state index is 11.3. The number of aliphatic carboxylic acids is 1. The molecule has 2 N–H and O–H groups in total. The summed E-state index contributed by atoms with van der Waals surface area (Å²) in [6, 6.07) is 0. The number of nitrogens with zero attached hydrogens (tertiary/aromatic N) is 1. The zero-order valence-electron chi connectivity index (χ0n) is 12.3. The van der Waals surface area contributed by atoms with E-state index in [1.165, 1.54) is 0 Å². The number of hydrogen-bond acceptors (Lipinski definition) is 4. The molecule has 5 heteroatoms. The highest BCUT2D eigenvalue weighted by atomic mass is 16.5. The van der Waals surface area contributed by atoms with Crippen LogP contribution >= 0.6 is 0 Å². The lowest BCUT2D eigenvalue weighted by molar-refractivity contribution is -0.144. The summed E-state index contributed by atoms with van der Waals surface area (Å²) in [7, 11) is 0. The second-order valence-corrected chi connectivity index (χ2v) is 5.43. The van der Waals surface area contributed by atoms with Crippen molar-refractivity contribution in [1.29, 1.82) is 0 Å². The lowest BCUT2D eigenvalue weighted by atomic mass is 9.95. The van der Waals surface area contributed by atoms with Gasteiger partial charge in [-0.05, 0) is 45.7 Å². The van der Waals surface area contributed by atoms with Gasteiger partial charge in [-0.1, -0.05) is 6.92 Å². The van der Waals surface area contributed by atoms with Crippen LogP contribution < -0.4 is 5.32 Å². The Hall–Kier alpha value is -0.650. The molecule has 0 radical (unpaired) electrons. The molecular formula is C14H28N2O3.